The van der Waals surface area contributed by atoms with E-state index in [4.69, 9.17) is 4.74 Å². The fraction of sp³-hybridized carbons (Fsp3) is 0.536. The van der Waals surface area contributed by atoms with Crippen LogP contribution in [0.5, 0.6) is 0 Å². The van der Waals surface area contributed by atoms with Gasteiger partial charge in [-0.05, 0) is 103 Å². The lowest BCUT2D eigenvalue weighted by Crippen LogP contribution is -2.70. The van der Waals surface area contributed by atoms with Gasteiger partial charge in [0.2, 0.25) is 0 Å². The average molecular weight is 497 g/mol. The zero-order chi connectivity index (χ0) is 27.1. The number of rotatable bonds is 6. The third-order valence-corrected chi connectivity index (χ3v) is 6.35. The van der Waals surface area contributed by atoms with Gasteiger partial charge >= 0.3 is 12.1 Å². The van der Waals surface area contributed by atoms with Gasteiger partial charge in [0.25, 0.3) is 5.91 Å². The van der Waals surface area contributed by atoms with Crippen LogP contribution in [0.2, 0.25) is 0 Å². The molecule has 3 atom stereocenters. The largest absolute Gasteiger partial charge is 0.479 e. The molecular formula is C28H36N2O6. The molecule has 0 aliphatic heterocycles. The summed E-state index contributed by atoms with van der Waals surface area (Å²) < 4.78 is 5.24. The summed E-state index contributed by atoms with van der Waals surface area (Å²) in [6, 6.07) is 6.41. The summed E-state index contributed by atoms with van der Waals surface area (Å²) in [4.78, 5) is 37.4. The zero-order valence-corrected chi connectivity index (χ0v) is 21.8. The highest BCUT2D eigenvalue weighted by Crippen LogP contribution is 2.29. The van der Waals surface area contributed by atoms with Gasteiger partial charge in [0.15, 0.2) is 5.54 Å². The molecule has 8 nitrogen and oxygen atoms in total. The Morgan fingerprint density at radius 3 is 2.17 bits per heavy atom. The Balaban J connectivity index is 2.08. The van der Waals surface area contributed by atoms with Gasteiger partial charge in [0, 0.05) is 23.7 Å². The van der Waals surface area contributed by atoms with E-state index < -0.39 is 34.6 Å². The molecule has 2 rings (SSSR count). The van der Waals surface area contributed by atoms with E-state index in [9.17, 15) is 24.6 Å². The van der Waals surface area contributed by atoms with Crippen molar-refractivity contribution in [3.8, 4) is 23.7 Å². The number of benzene rings is 1. The second kappa shape index (κ2) is 11.5. The molecule has 194 valence electrons. The molecule has 36 heavy (non-hydrogen) atoms. The van der Waals surface area contributed by atoms with Crippen molar-refractivity contribution in [1.82, 2.24) is 10.6 Å². The van der Waals surface area contributed by atoms with Crippen LogP contribution in [0, 0.1) is 35.5 Å². The third-order valence-electron chi connectivity index (χ3n) is 6.35. The normalized spacial score (nSPS) is 19.0. The first kappa shape index (κ1) is 28.7. The van der Waals surface area contributed by atoms with Crippen LogP contribution in [0.1, 0.15) is 76.7 Å². The molecule has 1 aromatic rings. The number of hydrogen-bond acceptors (Lipinski definition) is 5. The molecule has 2 unspecified atom stereocenters. The van der Waals surface area contributed by atoms with Crippen LogP contribution in [0.25, 0.3) is 0 Å². The monoisotopic (exact) mass is 496 g/mol. The summed E-state index contributed by atoms with van der Waals surface area (Å²) >= 11 is 0. The van der Waals surface area contributed by atoms with E-state index in [2.05, 4.69) is 34.3 Å². The highest BCUT2D eigenvalue weighted by molar-refractivity contribution is 5.98. The maximum absolute atomic E-state index is 12.9. The molecule has 0 radical (unpaired) electrons. The van der Waals surface area contributed by atoms with Gasteiger partial charge in [-0.2, -0.15) is 0 Å². The van der Waals surface area contributed by atoms with Crippen molar-refractivity contribution < 1.29 is 29.3 Å². The minimum atomic E-state index is -1.84. The molecular weight excluding hydrogens is 460 g/mol. The number of carbonyl (C=O) groups excluding carboxylic acids is 2. The number of ether oxygens (including phenoxy) is 1. The molecule has 0 bridgehead atoms. The smallest absolute Gasteiger partial charge is 0.408 e. The van der Waals surface area contributed by atoms with Crippen molar-refractivity contribution in [2.24, 2.45) is 11.8 Å². The predicted molar refractivity (Wildman–Crippen MR) is 136 cm³/mol. The molecule has 4 N–H and O–H groups in total. The molecule has 8 heteroatoms. The lowest BCUT2D eigenvalue weighted by atomic mass is 9.80. The van der Waals surface area contributed by atoms with Crippen molar-refractivity contribution in [3.63, 3.8) is 0 Å². The molecule has 0 heterocycles. The fourth-order valence-corrected chi connectivity index (χ4v) is 3.78. The van der Waals surface area contributed by atoms with Crippen molar-refractivity contribution >= 4 is 18.0 Å². The Morgan fingerprint density at radius 1 is 1.00 bits per heavy atom. The molecule has 1 aromatic carbocycles. The number of aliphatic hydroxyl groups excluding tert-OH is 1. The van der Waals surface area contributed by atoms with Gasteiger partial charge in [-0.3, -0.25) is 4.79 Å². The van der Waals surface area contributed by atoms with E-state index in [-0.39, 0.29) is 18.1 Å². The summed E-state index contributed by atoms with van der Waals surface area (Å²) in [6.07, 6.45) is 2.07. The summed E-state index contributed by atoms with van der Waals surface area (Å²) in [5.74, 6) is 10.4. The van der Waals surface area contributed by atoms with Crippen LogP contribution in [-0.2, 0) is 9.53 Å². The van der Waals surface area contributed by atoms with Crippen molar-refractivity contribution in [2.45, 2.75) is 77.5 Å². The number of carboxylic acid groups (broad SMARTS) is 1. The number of aliphatic carboxylic acids is 1. The van der Waals surface area contributed by atoms with Crippen LogP contribution in [0.15, 0.2) is 24.3 Å². The van der Waals surface area contributed by atoms with Gasteiger partial charge in [0.1, 0.15) is 5.60 Å². The van der Waals surface area contributed by atoms with Gasteiger partial charge in [-0.25, -0.2) is 9.59 Å². The molecule has 2 amide bonds. The lowest BCUT2D eigenvalue weighted by molar-refractivity contribution is -0.146. The summed E-state index contributed by atoms with van der Waals surface area (Å²) in [5, 5.41) is 24.2. The van der Waals surface area contributed by atoms with E-state index in [1.807, 2.05) is 0 Å². The molecule has 0 aromatic heterocycles. The third kappa shape index (κ3) is 7.76. The number of carboxylic acids is 1. The lowest BCUT2D eigenvalue weighted by Gasteiger charge is -2.41. The van der Waals surface area contributed by atoms with E-state index >= 15 is 0 Å². The standard InChI is InChI=1S/C28H36N2O6/c1-26(2,3)36-25(35)30-27(4,5)28(6,24(33)34)29-23(32)22-15-13-19(14-16-22)9-7-8-10-20-11-12-21(17-20)18-31/h13-16,20-21,31H,11-12,17-18H2,1-6H3,(H,29,32)(H,30,35)(H,33,34)/t20?,21?,28-/m1/s1. The summed E-state index contributed by atoms with van der Waals surface area (Å²) in [5.41, 5.74) is -3.10. The maximum Gasteiger partial charge on any atom is 0.408 e. The van der Waals surface area contributed by atoms with Crippen molar-refractivity contribution in [3.05, 3.63) is 35.4 Å². The van der Waals surface area contributed by atoms with Gasteiger partial charge in [-0.15, -0.1) is 0 Å². The van der Waals surface area contributed by atoms with Gasteiger partial charge in [0.05, 0.1) is 5.54 Å². The molecule has 1 fully saturated rings. The number of nitrogens with one attached hydrogen (secondary N) is 2. The molecule has 1 saturated carbocycles. The predicted octanol–water partition coefficient (Wildman–Crippen LogP) is 3.33. The Labute approximate surface area is 213 Å². The number of hydrogen-bond donors (Lipinski definition) is 4. The second-order valence-corrected chi connectivity index (χ2v) is 10.8. The van der Waals surface area contributed by atoms with Crippen molar-refractivity contribution in [2.75, 3.05) is 6.61 Å². The molecule has 1 aliphatic rings. The van der Waals surface area contributed by atoms with Crippen LogP contribution in [0.3, 0.4) is 0 Å². The molecule has 1 aliphatic carbocycles. The van der Waals surface area contributed by atoms with E-state index in [1.54, 1.807) is 45.0 Å². The summed E-state index contributed by atoms with van der Waals surface area (Å²) in [6.45, 7) is 9.62. The van der Waals surface area contributed by atoms with E-state index in [1.165, 1.54) is 20.8 Å². The van der Waals surface area contributed by atoms with Crippen LogP contribution < -0.4 is 10.6 Å². The van der Waals surface area contributed by atoms with E-state index in [0.717, 1.165) is 19.3 Å². The van der Waals surface area contributed by atoms with Crippen LogP contribution >= 0.6 is 0 Å². The number of carbonyl (C=O) groups is 3. The van der Waals surface area contributed by atoms with Crippen LogP contribution in [-0.4, -0.2) is 51.5 Å². The highest BCUT2D eigenvalue weighted by Gasteiger charge is 2.50. The Morgan fingerprint density at radius 2 is 1.64 bits per heavy atom. The Kier molecular flexibility index (Phi) is 9.18. The number of alkyl carbamates (subject to hydrolysis) is 1. The fourth-order valence-electron chi connectivity index (χ4n) is 3.78. The first-order valence-corrected chi connectivity index (χ1v) is 12.0. The zero-order valence-electron chi connectivity index (χ0n) is 21.8. The van der Waals surface area contributed by atoms with Gasteiger partial charge < -0.3 is 25.6 Å². The van der Waals surface area contributed by atoms with Crippen LogP contribution in [0.4, 0.5) is 4.79 Å². The topological polar surface area (TPSA) is 125 Å². The second-order valence-electron chi connectivity index (χ2n) is 10.8. The Hall–Kier alpha value is -3.49. The maximum atomic E-state index is 12.9. The van der Waals surface area contributed by atoms with Gasteiger partial charge in [-0.1, -0.05) is 11.8 Å². The average Bonchev–Trinajstić information content (AvgIpc) is 3.23. The van der Waals surface area contributed by atoms with E-state index in [0.29, 0.717) is 11.5 Å². The first-order chi connectivity index (χ1) is 16.7. The quantitative estimate of drug-likeness (QED) is 0.448. The molecule has 0 saturated heterocycles. The molecule has 0 spiro atoms. The van der Waals surface area contributed by atoms with Crippen molar-refractivity contribution in [1.29, 1.82) is 0 Å². The minimum absolute atomic E-state index is 0.202. The number of amides is 2. The SMILES string of the molecule is CC(C)(C)OC(=O)NC(C)(C)[C@](C)(NC(=O)c1ccc(C#CC#CC2CCC(CO)C2)cc1)C(=O)O. The number of aliphatic hydroxyl groups is 1. The summed E-state index contributed by atoms with van der Waals surface area (Å²) in [7, 11) is 0. The minimum Gasteiger partial charge on any atom is -0.479 e. The Bertz CT molecular complexity index is 1100. The first-order valence-electron chi connectivity index (χ1n) is 12.0. The highest BCUT2D eigenvalue weighted by atomic mass is 16.6.